The molecule has 8 nitrogen and oxygen atoms in total. The lowest BCUT2D eigenvalue weighted by Gasteiger charge is -2.12. The molecule has 0 fully saturated rings. The van der Waals surface area contributed by atoms with E-state index in [9.17, 15) is 13.2 Å². The summed E-state index contributed by atoms with van der Waals surface area (Å²) in [6.45, 7) is 3.77. The van der Waals surface area contributed by atoms with Crippen LogP contribution < -0.4 is 19.5 Å². The summed E-state index contributed by atoms with van der Waals surface area (Å²) in [7, 11) is -2.62. The second kappa shape index (κ2) is 8.03. The Morgan fingerprint density at radius 1 is 1.21 bits per heavy atom. The number of hydrogen-bond donors (Lipinski definition) is 2. The summed E-state index contributed by atoms with van der Waals surface area (Å²) < 4.78 is 39.7. The van der Waals surface area contributed by atoms with Gasteiger partial charge in [-0.1, -0.05) is 11.3 Å². The number of aromatic nitrogens is 1. The second-order valence-corrected chi connectivity index (χ2v) is 8.42. The van der Waals surface area contributed by atoms with Gasteiger partial charge in [0.1, 0.15) is 16.4 Å². The van der Waals surface area contributed by atoms with Gasteiger partial charge in [0, 0.05) is 12.6 Å². The molecule has 0 aliphatic carbocycles. The van der Waals surface area contributed by atoms with Crippen LogP contribution in [-0.4, -0.2) is 33.0 Å². The number of sulfonamides is 1. The highest BCUT2D eigenvalue weighted by molar-refractivity contribution is 7.93. The van der Waals surface area contributed by atoms with Crippen LogP contribution in [0.1, 0.15) is 13.8 Å². The van der Waals surface area contributed by atoms with E-state index in [1.165, 1.54) is 37.5 Å². The van der Waals surface area contributed by atoms with Gasteiger partial charge in [0.2, 0.25) is 5.91 Å². The molecule has 0 saturated heterocycles. The number of rotatable bonds is 7. The molecule has 3 rings (SSSR count). The Labute approximate surface area is 166 Å². The number of hydrogen-bond acceptors (Lipinski definition) is 7. The zero-order chi connectivity index (χ0) is 20.3. The van der Waals surface area contributed by atoms with Crippen molar-refractivity contribution in [2.45, 2.75) is 18.7 Å². The zero-order valence-corrected chi connectivity index (χ0v) is 17.1. The number of carbonyl (C=O) groups excluding carboxylic acids is 1. The number of fused-ring (bicyclic) bond motifs is 1. The summed E-state index contributed by atoms with van der Waals surface area (Å²) in [5.74, 6) is 0.539. The molecule has 10 heteroatoms. The molecule has 0 radical (unpaired) electrons. The van der Waals surface area contributed by atoms with Crippen LogP contribution in [0.25, 0.3) is 10.2 Å². The Bertz CT molecular complexity index is 1130. The largest absolute Gasteiger partial charge is 0.495 e. The van der Waals surface area contributed by atoms with Crippen LogP contribution >= 0.6 is 11.3 Å². The highest BCUT2D eigenvalue weighted by atomic mass is 32.2. The van der Waals surface area contributed by atoms with Crippen molar-refractivity contribution in [1.82, 2.24) is 4.98 Å². The molecule has 1 heterocycles. The fourth-order valence-corrected chi connectivity index (χ4v) is 4.87. The molecular weight excluding hydrogens is 402 g/mol. The van der Waals surface area contributed by atoms with Gasteiger partial charge in [-0.05, 0) is 43.3 Å². The van der Waals surface area contributed by atoms with Crippen LogP contribution in [0.4, 0.5) is 10.8 Å². The molecule has 2 N–H and O–H groups in total. The van der Waals surface area contributed by atoms with E-state index >= 15 is 0 Å². The van der Waals surface area contributed by atoms with E-state index in [2.05, 4.69) is 15.0 Å². The first-order chi connectivity index (χ1) is 13.3. The van der Waals surface area contributed by atoms with E-state index in [1.54, 1.807) is 18.2 Å². The van der Waals surface area contributed by atoms with Crippen molar-refractivity contribution in [2.75, 3.05) is 23.8 Å². The summed E-state index contributed by atoms with van der Waals surface area (Å²) in [4.78, 5) is 15.5. The van der Waals surface area contributed by atoms with E-state index in [0.29, 0.717) is 23.6 Å². The SMILES string of the molecule is CCOc1ccc2nc(NS(=O)(=O)c3cc(NC(C)=O)ccc3OC)sc2c1. The summed E-state index contributed by atoms with van der Waals surface area (Å²) in [5, 5.41) is 2.78. The summed E-state index contributed by atoms with van der Waals surface area (Å²) in [6.07, 6.45) is 0. The number of benzene rings is 2. The molecule has 0 bridgehead atoms. The fourth-order valence-electron chi connectivity index (χ4n) is 2.54. The minimum Gasteiger partial charge on any atom is -0.495 e. The van der Waals surface area contributed by atoms with Crippen LogP contribution in [-0.2, 0) is 14.8 Å². The average molecular weight is 422 g/mol. The van der Waals surface area contributed by atoms with E-state index in [1.807, 2.05) is 13.0 Å². The van der Waals surface area contributed by atoms with Crippen LogP contribution in [0.15, 0.2) is 41.3 Å². The van der Waals surface area contributed by atoms with Gasteiger partial charge in [-0.15, -0.1) is 0 Å². The van der Waals surface area contributed by atoms with Crippen molar-refractivity contribution in [3.05, 3.63) is 36.4 Å². The number of methoxy groups -OCH3 is 1. The van der Waals surface area contributed by atoms with Crippen LogP contribution in [0.3, 0.4) is 0 Å². The van der Waals surface area contributed by atoms with Crippen molar-refractivity contribution in [2.24, 2.45) is 0 Å². The van der Waals surface area contributed by atoms with Gasteiger partial charge in [0.05, 0.1) is 23.9 Å². The molecule has 1 amide bonds. The van der Waals surface area contributed by atoms with Gasteiger partial charge in [-0.2, -0.15) is 0 Å². The molecule has 0 aliphatic rings. The van der Waals surface area contributed by atoms with Gasteiger partial charge in [0.15, 0.2) is 5.13 Å². The first-order valence-electron chi connectivity index (χ1n) is 8.34. The summed E-state index contributed by atoms with van der Waals surface area (Å²) in [6, 6.07) is 9.74. The van der Waals surface area contributed by atoms with E-state index in [0.717, 1.165) is 4.70 Å². The van der Waals surface area contributed by atoms with Gasteiger partial charge < -0.3 is 14.8 Å². The minimum absolute atomic E-state index is 0.101. The summed E-state index contributed by atoms with van der Waals surface area (Å²) in [5.41, 5.74) is 1.00. The number of nitrogens with one attached hydrogen (secondary N) is 2. The molecule has 0 unspecified atom stereocenters. The van der Waals surface area contributed by atoms with Crippen molar-refractivity contribution < 1.29 is 22.7 Å². The third kappa shape index (κ3) is 4.34. The Morgan fingerprint density at radius 2 is 2.00 bits per heavy atom. The Hall–Kier alpha value is -2.85. The Kier molecular flexibility index (Phi) is 5.71. The topological polar surface area (TPSA) is 107 Å². The number of thiazole rings is 1. The van der Waals surface area contributed by atoms with Crippen LogP contribution in [0.5, 0.6) is 11.5 Å². The number of amides is 1. The monoisotopic (exact) mass is 421 g/mol. The zero-order valence-electron chi connectivity index (χ0n) is 15.5. The molecule has 0 aliphatic heterocycles. The second-order valence-electron chi connectivity index (χ2n) is 5.73. The normalized spacial score (nSPS) is 11.2. The van der Waals surface area contributed by atoms with Crippen molar-refractivity contribution >= 4 is 48.3 Å². The smallest absolute Gasteiger partial charge is 0.267 e. The van der Waals surface area contributed by atoms with E-state index < -0.39 is 10.0 Å². The maximum atomic E-state index is 12.9. The highest BCUT2D eigenvalue weighted by Crippen LogP contribution is 2.33. The predicted molar refractivity (Wildman–Crippen MR) is 109 cm³/mol. The molecule has 0 atom stereocenters. The van der Waals surface area contributed by atoms with E-state index in [4.69, 9.17) is 9.47 Å². The van der Waals surface area contributed by atoms with Crippen LogP contribution in [0, 0.1) is 0 Å². The van der Waals surface area contributed by atoms with Gasteiger partial charge in [0.25, 0.3) is 10.0 Å². The maximum Gasteiger partial charge on any atom is 0.267 e. The van der Waals surface area contributed by atoms with Crippen LogP contribution in [0.2, 0.25) is 0 Å². The third-order valence-electron chi connectivity index (χ3n) is 3.67. The number of anilines is 2. The summed E-state index contributed by atoms with van der Waals surface area (Å²) >= 11 is 1.20. The lowest BCUT2D eigenvalue weighted by molar-refractivity contribution is -0.114. The lowest BCUT2D eigenvalue weighted by Crippen LogP contribution is -2.15. The first kappa shape index (κ1) is 19.9. The van der Waals surface area contributed by atoms with Crippen molar-refractivity contribution in [3.8, 4) is 11.5 Å². The fraction of sp³-hybridized carbons (Fsp3) is 0.222. The quantitative estimate of drug-likeness (QED) is 0.605. The predicted octanol–water partition coefficient (Wildman–Crippen LogP) is 3.46. The molecule has 1 aromatic heterocycles. The Morgan fingerprint density at radius 3 is 2.68 bits per heavy atom. The van der Waals surface area contributed by atoms with Gasteiger partial charge >= 0.3 is 0 Å². The molecule has 3 aromatic rings. The Balaban J connectivity index is 1.95. The minimum atomic E-state index is -3.99. The molecule has 28 heavy (non-hydrogen) atoms. The highest BCUT2D eigenvalue weighted by Gasteiger charge is 2.22. The molecule has 0 spiro atoms. The number of nitrogens with zero attached hydrogens (tertiary/aromatic N) is 1. The molecule has 148 valence electrons. The standard InChI is InChI=1S/C18H19N3O5S2/c1-4-26-13-6-7-14-16(10-13)27-18(20-14)21-28(23,24)17-9-12(19-11(2)22)5-8-15(17)25-3/h5-10H,4H2,1-3H3,(H,19,22)(H,20,21). The first-order valence-corrected chi connectivity index (χ1v) is 10.6. The number of ether oxygens (including phenoxy) is 2. The average Bonchev–Trinajstić information content (AvgIpc) is 3.02. The maximum absolute atomic E-state index is 12.9. The van der Waals surface area contributed by atoms with Gasteiger partial charge in [-0.25, -0.2) is 13.4 Å². The molecule has 0 saturated carbocycles. The van der Waals surface area contributed by atoms with Gasteiger partial charge in [-0.3, -0.25) is 9.52 Å². The van der Waals surface area contributed by atoms with Crippen molar-refractivity contribution in [3.63, 3.8) is 0 Å². The lowest BCUT2D eigenvalue weighted by atomic mass is 10.3. The third-order valence-corrected chi connectivity index (χ3v) is 6.09. The van der Waals surface area contributed by atoms with E-state index in [-0.39, 0.29) is 21.7 Å². The number of carbonyl (C=O) groups is 1. The van der Waals surface area contributed by atoms with Crippen molar-refractivity contribution in [1.29, 1.82) is 0 Å². The molecule has 2 aromatic carbocycles. The molecular formula is C18H19N3O5S2.